The Kier molecular flexibility index (Phi) is 4.00. The Bertz CT molecular complexity index is 728. The molecule has 1 amide bonds. The molecule has 1 N–H and O–H groups in total. The average Bonchev–Trinajstić information content (AvgIpc) is 3.12. The van der Waals surface area contributed by atoms with E-state index in [9.17, 15) is 4.79 Å². The van der Waals surface area contributed by atoms with Crippen LogP contribution in [0.15, 0.2) is 36.7 Å². The van der Waals surface area contributed by atoms with Crippen molar-refractivity contribution < 1.29 is 4.79 Å². The highest BCUT2D eigenvalue weighted by atomic mass is 16.1. The molecule has 4 rings (SSSR count). The smallest absolute Gasteiger partial charge is 0.253 e. The molecule has 1 saturated heterocycles. The van der Waals surface area contributed by atoms with Crippen LogP contribution in [-0.4, -0.2) is 28.5 Å². The van der Waals surface area contributed by atoms with E-state index in [4.69, 9.17) is 0 Å². The largest absolute Gasteiger partial charge is 0.371 e. The van der Waals surface area contributed by atoms with Gasteiger partial charge in [0.25, 0.3) is 5.91 Å². The molecule has 0 unspecified atom stereocenters. The van der Waals surface area contributed by atoms with Crippen molar-refractivity contribution in [3.8, 4) is 0 Å². The fourth-order valence-corrected chi connectivity index (χ4v) is 3.62. The Morgan fingerprint density at radius 3 is 2.67 bits per heavy atom. The average molecular weight is 324 g/mol. The number of nitrogens with zero attached hydrogens (tertiary/aromatic N) is 3. The summed E-state index contributed by atoms with van der Waals surface area (Å²) in [5.41, 5.74) is 1.83. The number of hydrogen-bond acceptors (Lipinski definition) is 3. The van der Waals surface area contributed by atoms with Crippen LogP contribution in [0.3, 0.4) is 0 Å². The standard InChI is InChI=1S/C19H24N4O/c1-22-13-10-20-18(22)17(14-8-9-14)21-19(24)15-6-2-3-7-16(15)23-11-4-5-12-23/h2-3,6-7,10,13-14,17H,4-5,8-9,11-12H2,1H3,(H,21,24)/t17-/m1/s1. The number of benzene rings is 1. The molecule has 1 aromatic heterocycles. The first-order valence-corrected chi connectivity index (χ1v) is 8.86. The number of anilines is 1. The summed E-state index contributed by atoms with van der Waals surface area (Å²) in [4.78, 5) is 19.8. The van der Waals surface area contributed by atoms with Gasteiger partial charge in [-0.1, -0.05) is 12.1 Å². The summed E-state index contributed by atoms with van der Waals surface area (Å²) < 4.78 is 2.01. The molecule has 24 heavy (non-hydrogen) atoms. The maximum atomic E-state index is 13.0. The van der Waals surface area contributed by atoms with Gasteiger partial charge in [-0.25, -0.2) is 4.98 Å². The molecule has 126 valence electrons. The normalized spacial score (nSPS) is 18.6. The molecule has 1 aliphatic carbocycles. The second kappa shape index (κ2) is 6.30. The van der Waals surface area contributed by atoms with Gasteiger partial charge in [0.05, 0.1) is 11.6 Å². The summed E-state index contributed by atoms with van der Waals surface area (Å²) in [5, 5.41) is 3.25. The minimum absolute atomic E-state index is 0.00383. The fourth-order valence-electron chi connectivity index (χ4n) is 3.62. The van der Waals surface area contributed by atoms with E-state index in [0.29, 0.717) is 5.92 Å². The van der Waals surface area contributed by atoms with E-state index in [-0.39, 0.29) is 11.9 Å². The molecule has 5 heteroatoms. The lowest BCUT2D eigenvalue weighted by molar-refractivity contribution is 0.0929. The van der Waals surface area contributed by atoms with Gasteiger partial charge in [-0.05, 0) is 43.7 Å². The summed E-state index contributed by atoms with van der Waals surface area (Å²) >= 11 is 0. The number of para-hydroxylation sites is 1. The first-order valence-electron chi connectivity index (χ1n) is 8.86. The van der Waals surface area contributed by atoms with Gasteiger partial charge in [0.15, 0.2) is 0 Å². The number of aryl methyl sites for hydroxylation is 1. The Morgan fingerprint density at radius 2 is 2.00 bits per heavy atom. The lowest BCUT2D eigenvalue weighted by atomic mass is 10.1. The first-order chi connectivity index (χ1) is 11.7. The van der Waals surface area contributed by atoms with Gasteiger partial charge in [-0.2, -0.15) is 0 Å². The highest BCUT2D eigenvalue weighted by Gasteiger charge is 2.36. The van der Waals surface area contributed by atoms with Crippen molar-refractivity contribution in [2.45, 2.75) is 31.7 Å². The molecular formula is C19H24N4O. The Hall–Kier alpha value is -2.30. The third-order valence-electron chi connectivity index (χ3n) is 5.11. The molecule has 0 bridgehead atoms. The molecule has 0 radical (unpaired) electrons. The molecule has 5 nitrogen and oxygen atoms in total. The number of rotatable bonds is 5. The first kappa shape index (κ1) is 15.2. The number of imidazole rings is 1. The maximum absolute atomic E-state index is 13.0. The van der Waals surface area contributed by atoms with Crippen LogP contribution in [0.1, 0.15) is 47.9 Å². The van der Waals surface area contributed by atoms with Crippen LogP contribution in [0, 0.1) is 5.92 Å². The van der Waals surface area contributed by atoms with E-state index in [2.05, 4.69) is 21.3 Å². The van der Waals surface area contributed by atoms with E-state index < -0.39 is 0 Å². The molecule has 2 heterocycles. The Morgan fingerprint density at radius 1 is 1.25 bits per heavy atom. The van der Waals surface area contributed by atoms with E-state index in [1.165, 1.54) is 12.8 Å². The van der Waals surface area contributed by atoms with Gasteiger partial charge in [0.2, 0.25) is 0 Å². The number of carbonyl (C=O) groups is 1. The monoisotopic (exact) mass is 324 g/mol. The number of amides is 1. The minimum atomic E-state index is 0.00383. The quantitative estimate of drug-likeness (QED) is 0.920. The number of aromatic nitrogens is 2. The van der Waals surface area contributed by atoms with Gasteiger partial charge in [-0.3, -0.25) is 4.79 Å². The van der Waals surface area contributed by atoms with Crippen molar-refractivity contribution in [2.24, 2.45) is 13.0 Å². The van der Waals surface area contributed by atoms with Crippen molar-refractivity contribution in [1.82, 2.24) is 14.9 Å². The topological polar surface area (TPSA) is 50.2 Å². The number of carbonyl (C=O) groups excluding carboxylic acids is 1. The molecule has 1 aliphatic heterocycles. The number of nitrogens with one attached hydrogen (secondary N) is 1. The van der Waals surface area contributed by atoms with Crippen LogP contribution in [0.5, 0.6) is 0 Å². The van der Waals surface area contributed by atoms with E-state index in [0.717, 1.165) is 43.0 Å². The highest BCUT2D eigenvalue weighted by molar-refractivity contribution is 6.00. The maximum Gasteiger partial charge on any atom is 0.253 e. The fraction of sp³-hybridized carbons (Fsp3) is 0.474. The minimum Gasteiger partial charge on any atom is -0.371 e. The van der Waals surface area contributed by atoms with Gasteiger partial charge >= 0.3 is 0 Å². The van der Waals surface area contributed by atoms with Gasteiger partial charge in [0.1, 0.15) is 5.82 Å². The SMILES string of the molecule is Cn1ccnc1[C@H](NC(=O)c1ccccc1N1CCCC1)C1CC1. The molecule has 2 aliphatic rings. The molecule has 0 spiro atoms. The van der Waals surface area contributed by atoms with Crippen LogP contribution in [-0.2, 0) is 7.05 Å². The van der Waals surface area contributed by atoms with Crippen molar-refractivity contribution in [3.63, 3.8) is 0 Å². The Balaban J connectivity index is 1.58. The van der Waals surface area contributed by atoms with Crippen molar-refractivity contribution in [3.05, 3.63) is 48.0 Å². The van der Waals surface area contributed by atoms with Crippen LogP contribution in [0.25, 0.3) is 0 Å². The summed E-state index contributed by atoms with van der Waals surface area (Å²) in [6.45, 7) is 2.07. The zero-order valence-electron chi connectivity index (χ0n) is 14.1. The molecular weight excluding hydrogens is 300 g/mol. The van der Waals surface area contributed by atoms with Gasteiger partial charge in [-0.15, -0.1) is 0 Å². The summed E-state index contributed by atoms with van der Waals surface area (Å²) in [7, 11) is 1.99. The second-order valence-corrected chi connectivity index (χ2v) is 6.90. The zero-order chi connectivity index (χ0) is 16.5. The lowest BCUT2D eigenvalue weighted by Crippen LogP contribution is -2.33. The predicted octanol–water partition coefficient (Wildman–Crippen LogP) is 2.90. The van der Waals surface area contributed by atoms with E-state index >= 15 is 0 Å². The van der Waals surface area contributed by atoms with Crippen LogP contribution in [0.2, 0.25) is 0 Å². The van der Waals surface area contributed by atoms with Crippen LogP contribution in [0.4, 0.5) is 5.69 Å². The third-order valence-corrected chi connectivity index (χ3v) is 5.11. The van der Waals surface area contributed by atoms with E-state index in [1.807, 2.05) is 36.0 Å². The summed E-state index contributed by atoms with van der Waals surface area (Å²) in [5.74, 6) is 1.47. The Labute approximate surface area is 142 Å². The van der Waals surface area contributed by atoms with Crippen LogP contribution >= 0.6 is 0 Å². The molecule has 2 aromatic rings. The molecule has 1 saturated carbocycles. The molecule has 1 aromatic carbocycles. The summed E-state index contributed by atoms with van der Waals surface area (Å²) in [6, 6.07) is 7.96. The third kappa shape index (κ3) is 2.90. The second-order valence-electron chi connectivity index (χ2n) is 6.90. The van der Waals surface area contributed by atoms with Crippen molar-refractivity contribution in [1.29, 1.82) is 0 Å². The lowest BCUT2D eigenvalue weighted by Gasteiger charge is -2.23. The zero-order valence-corrected chi connectivity index (χ0v) is 14.1. The van der Waals surface area contributed by atoms with Crippen molar-refractivity contribution >= 4 is 11.6 Å². The van der Waals surface area contributed by atoms with Gasteiger partial charge in [0, 0.05) is 38.2 Å². The highest BCUT2D eigenvalue weighted by Crippen LogP contribution is 2.40. The predicted molar refractivity (Wildman–Crippen MR) is 94.0 cm³/mol. The van der Waals surface area contributed by atoms with Gasteiger partial charge < -0.3 is 14.8 Å². The van der Waals surface area contributed by atoms with Crippen LogP contribution < -0.4 is 10.2 Å². The van der Waals surface area contributed by atoms with Crippen molar-refractivity contribution in [2.75, 3.05) is 18.0 Å². The summed E-state index contributed by atoms with van der Waals surface area (Å²) in [6.07, 6.45) is 8.46. The van der Waals surface area contributed by atoms with E-state index in [1.54, 1.807) is 6.20 Å². The molecule has 2 fully saturated rings. The molecule has 1 atom stereocenters. The number of hydrogen-bond donors (Lipinski definition) is 1.